The van der Waals surface area contributed by atoms with E-state index in [0.717, 1.165) is 11.3 Å². The predicted molar refractivity (Wildman–Crippen MR) is 65.4 cm³/mol. The van der Waals surface area contributed by atoms with Gasteiger partial charge in [0.05, 0.1) is 5.02 Å². The van der Waals surface area contributed by atoms with Crippen LogP contribution in [0.2, 0.25) is 5.02 Å². The number of pyridine rings is 1. The molecular formula is C11H14ClNOS. The minimum absolute atomic E-state index is 0.179. The summed E-state index contributed by atoms with van der Waals surface area (Å²) < 4.78 is 0. The SMILES string of the molecule is CCSC(CC(C)=O)c1cncc(Cl)c1. The Hall–Kier alpha value is -0.540. The molecule has 0 aliphatic heterocycles. The summed E-state index contributed by atoms with van der Waals surface area (Å²) in [7, 11) is 0. The highest BCUT2D eigenvalue weighted by atomic mass is 35.5. The Labute approximate surface area is 99.4 Å². The Morgan fingerprint density at radius 1 is 1.60 bits per heavy atom. The van der Waals surface area contributed by atoms with Crippen molar-refractivity contribution in [2.75, 3.05) is 5.75 Å². The summed E-state index contributed by atoms with van der Waals surface area (Å²) in [6.07, 6.45) is 3.93. The van der Waals surface area contributed by atoms with Crippen molar-refractivity contribution in [3.63, 3.8) is 0 Å². The average molecular weight is 244 g/mol. The number of halogens is 1. The van der Waals surface area contributed by atoms with Crippen LogP contribution in [0.1, 0.15) is 31.1 Å². The van der Waals surface area contributed by atoms with E-state index in [2.05, 4.69) is 11.9 Å². The molecule has 0 fully saturated rings. The highest BCUT2D eigenvalue weighted by Gasteiger charge is 2.14. The van der Waals surface area contributed by atoms with Crippen molar-refractivity contribution in [2.24, 2.45) is 0 Å². The molecule has 1 unspecified atom stereocenters. The Kier molecular flexibility index (Phi) is 5.12. The molecule has 82 valence electrons. The molecule has 0 radical (unpaired) electrons. The topological polar surface area (TPSA) is 30.0 Å². The average Bonchev–Trinajstić information content (AvgIpc) is 2.16. The Balaban J connectivity index is 2.83. The van der Waals surface area contributed by atoms with Gasteiger partial charge in [-0.05, 0) is 24.3 Å². The Morgan fingerprint density at radius 2 is 2.33 bits per heavy atom. The Morgan fingerprint density at radius 3 is 2.87 bits per heavy atom. The maximum absolute atomic E-state index is 11.1. The fourth-order valence-electron chi connectivity index (χ4n) is 1.34. The van der Waals surface area contributed by atoms with Crippen molar-refractivity contribution in [3.8, 4) is 0 Å². The number of carbonyl (C=O) groups is 1. The predicted octanol–water partition coefficient (Wildman–Crippen LogP) is 3.51. The van der Waals surface area contributed by atoms with Crippen LogP contribution >= 0.6 is 23.4 Å². The largest absolute Gasteiger partial charge is 0.300 e. The van der Waals surface area contributed by atoms with E-state index >= 15 is 0 Å². The smallest absolute Gasteiger partial charge is 0.131 e. The van der Waals surface area contributed by atoms with E-state index in [-0.39, 0.29) is 11.0 Å². The molecule has 0 saturated carbocycles. The molecule has 0 aromatic carbocycles. The van der Waals surface area contributed by atoms with Gasteiger partial charge in [-0.15, -0.1) is 0 Å². The molecule has 15 heavy (non-hydrogen) atoms. The van der Waals surface area contributed by atoms with Gasteiger partial charge in [0, 0.05) is 24.1 Å². The first-order valence-electron chi connectivity index (χ1n) is 4.85. The molecule has 0 spiro atoms. The molecule has 1 aromatic heterocycles. The van der Waals surface area contributed by atoms with Gasteiger partial charge in [0.25, 0.3) is 0 Å². The molecule has 1 atom stereocenters. The number of rotatable bonds is 5. The summed E-state index contributed by atoms with van der Waals surface area (Å²) >= 11 is 7.62. The summed E-state index contributed by atoms with van der Waals surface area (Å²) in [6.45, 7) is 3.69. The summed E-state index contributed by atoms with van der Waals surface area (Å²) in [5.74, 6) is 1.17. The summed E-state index contributed by atoms with van der Waals surface area (Å²) in [4.78, 5) is 15.2. The van der Waals surface area contributed by atoms with Crippen LogP contribution in [0.4, 0.5) is 0 Å². The maximum Gasteiger partial charge on any atom is 0.131 e. The van der Waals surface area contributed by atoms with Crippen molar-refractivity contribution >= 4 is 29.1 Å². The lowest BCUT2D eigenvalue weighted by atomic mass is 10.1. The van der Waals surface area contributed by atoms with E-state index in [0.29, 0.717) is 11.4 Å². The molecule has 1 rings (SSSR count). The normalized spacial score (nSPS) is 12.5. The molecule has 1 heterocycles. The lowest BCUT2D eigenvalue weighted by Crippen LogP contribution is -2.01. The third-order valence-electron chi connectivity index (χ3n) is 1.94. The minimum atomic E-state index is 0.179. The highest BCUT2D eigenvalue weighted by molar-refractivity contribution is 7.99. The number of Topliss-reactive ketones (excluding diaryl/α,β-unsaturated/α-hetero) is 1. The van der Waals surface area contributed by atoms with E-state index in [9.17, 15) is 4.79 Å². The number of hydrogen-bond acceptors (Lipinski definition) is 3. The van der Waals surface area contributed by atoms with Crippen LogP contribution in [0.5, 0.6) is 0 Å². The third kappa shape index (κ3) is 4.22. The lowest BCUT2D eigenvalue weighted by Gasteiger charge is -2.14. The van der Waals surface area contributed by atoms with Gasteiger partial charge in [-0.3, -0.25) is 9.78 Å². The van der Waals surface area contributed by atoms with Crippen molar-refractivity contribution in [2.45, 2.75) is 25.5 Å². The van der Waals surface area contributed by atoms with E-state index in [1.165, 1.54) is 0 Å². The molecule has 0 N–H and O–H groups in total. The number of aromatic nitrogens is 1. The molecule has 0 aliphatic rings. The van der Waals surface area contributed by atoms with Crippen LogP contribution < -0.4 is 0 Å². The summed E-state index contributed by atoms with van der Waals surface area (Å²) in [5.41, 5.74) is 1.03. The van der Waals surface area contributed by atoms with Gasteiger partial charge in [-0.25, -0.2) is 0 Å². The number of thioether (sulfide) groups is 1. The van der Waals surface area contributed by atoms with Crippen molar-refractivity contribution in [3.05, 3.63) is 29.0 Å². The number of ketones is 1. The van der Waals surface area contributed by atoms with Gasteiger partial charge in [0.2, 0.25) is 0 Å². The molecular weight excluding hydrogens is 230 g/mol. The second-order valence-corrected chi connectivity index (χ2v) is 5.20. The summed E-state index contributed by atoms with van der Waals surface area (Å²) in [6, 6.07) is 1.88. The maximum atomic E-state index is 11.1. The van der Waals surface area contributed by atoms with E-state index < -0.39 is 0 Å². The van der Waals surface area contributed by atoms with Gasteiger partial charge in [-0.1, -0.05) is 18.5 Å². The zero-order valence-electron chi connectivity index (χ0n) is 8.87. The van der Waals surface area contributed by atoms with Gasteiger partial charge in [0.15, 0.2) is 0 Å². The highest BCUT2D eigenvalue weighted by Crippen LogP contribution is 2.32. The van der Waals surface area contributed by atoms with Crippen molar-refractivity contribution in [1.29, 1.82) is 0 Å². The number of carbonyl (C=O) groups excluding carboxylic acids is 1. The van der Waals surface area contributed by atoms with Crippen LogP contribution in [0.25, 0.3) is 0 Å². The standard InChI is InChI=1S/C11H14ClNOS/c1-3-15-11(4-8(2)14)9-5-10(12)7-13-6-9/h5-7,11H,3-4H2,1-2H3. The second-order valence-electron chi connectivity index (χ2n) is 3.29. The molecule has 1 aromatic rings. The third-order valence-corrected chi connectivity index (χ3v) is 3.32. The number of nitrogens with zero attached hydrogens (tertiary/aromatic N) is 1. The molecule has 0 aliphatic carbocycles. The van der Waals surface area contributed by atoms with Crippen LogP contribution in [-0.2, 0) is 4.79 Å². The van der Waals surface area contributed by atoms with E-state index in [4.69, 9.17) is 11.6 Å². The van der Waals surface area contributed by atoms with Crippen LogP contribution in [0.3, 0.4) is 0 Å². The quantitative estimate of drug-likeness (QED) is 0.793. The van der Waals surface area contributed by atoms with E-state index in [1.807, 2.05) is 6.07 Å². The summed E-state index contributed by atoms with van der Waals surface area (Å²) in [5, 5.41) is 0.802. The van der Waals surface area contributed by atoms with Gasteiger partial charge in [0.1, 0.15) is 5.78 Å². The van der Waals surface area contributed by atoms with E-state index in [1.54, 1.807) is 31.1 Å². The first-order valence-corrected chi connectivity index (χ1v) is 6.27. The molecule has 0 bridgehead atoms. The zero-order valence-corrected chi connectivity index (χ0v) is 10.4. The van der Waals surface area contributed by atoms with Gasteiger partial charge in [-0.2, -0.15) is 11.8 Å². The molecule has 2 nitrogen and oxygen atoms in total. The lowest BCUT2D eigenvalue weighted by molar-refractivity contribution is -0.117. The minimum Gasteiger partial charge on any atom is -0.300 e. The second kappa shape index (κ2) is 6.13. The van der Waals surface area contributed by atoms with Gasteiger partial charge < -0.3 is 0 Å². The van der Waals surface area contributed by atoms with Crippen LogP contribution in [-0.4, -0.2) is 16.5 Å². The van der Waals surface area contributed by atoms with Crippen LogP contribution in [0, 0.1) is 0 Å². The van der Waals surface area contributed by atoms with Crippen molar-refractivity contribution < 1.29 is 4.79 Å². The fraction of sp³-hybridized carbons (Fsp3) is 0.455. The monoisotopic (exact) mass is 243 g/mol. The first-order chi connectivity index (χ1) is 7.13. The molecule has 0 amide bonds. The zero-order chi connectivity index (χ0) is 11.3. The molecule has 0 saturated heterocycles. The van der Waals surface area contributed by atoms with Crippen molar-refractivity contribution in [1.82, 2.24) is 4.98 Å². The van der Waals surface area contributed by atoms with Crippen LogP contribution in [0.15, 0.2) is 18.5 Å². The first kappa shape index (κ1) is 12.5. The number of hydrogen-bond donors (Lipinski definition) is 0. The fourth-order valence-corrected chi connectivity index (χ4v) is 2.60. The Bertz CT molecular complexity index is 343. The molecule has 4 heteroatoms. The van der Waals surface area contributed by atoms with Gasteiger partial charge >= 0.3 is 0 Å².